The maximum absolute atomic E-state index is 8.98. The van der Waals surface area contributed by atoms with Crippen LogP contribution >= 0.6 is 0 Å². The molecule has 2 atom stereocenters. The molecule has 0 aromatic rings. The lowest BCUT2D eigenvalue weighted by Gasteiger charge is -2.41. The van der Waals surface area contributed by atoms with Crippen LogP contribution in [0, 0.1) is 5.92 Å². The molecule has 18 heavy (non-hydrogen) atoms. The van der Waals surface area contributed by atoms with Crippen LogP contribution in [0.15, 0.2) is 0 Å². The van der Waals surface area contributed by atoms with Gasteiger partial charge in [0, 0.05) is 38.8 Å². The van der Waals surface area contributed by atoms with Gasteiger partial charge in [-0.25, -0.2) is 0 Å². The van der Waals surface area contributed by atoms with E-state index in [4.69, 9.17) is 10.8 Å². The van der Waals surface area contributed by atoms with Crippen molar-refractivity contribution in [2.45, 2.75) is 38.1 Å². The second kappa shape index (κ2) is 7.43. The van der Waals surface area contributed by atoms with Crippen molar-refractivity contribution in [3.63, 3.8) is 0 Å². The molecular formula is C14H29N3O. The zero-order valence-corrected chi connectivity index (χ0v) is 11.6. The third kappa shape index (κ3) is 3.67. The van der Waals surface area contributed by atoms with Crippen LogP contribution in [0.3, 0.4) is 0 Å². The molecule has 1 saturated heterocycles. The van der Waals surface area contributed by atoms with E-state index in [0.717, 1.165) is 39.3 Å². The predicted molar refractivity (Wildman–Crippen MR) is 74.5 cm³/mol. The Morgan fingerprint density at radius 2 is 1.72 bits per heavy atom. The Kier molecular flexibility index (Phi) is 5.89. The molecule has 4 heteroatoms. The molecule has 1 heterocycles. The van der Waals surface area contributed by atoms with E-state index in [1.165, 1.54) is 32.1 Å². The summed E-state index contributed by atoms with van der Waals surface area (Å²) in [6.07, 6.45) is 6.78. The fourth-order valence-corrected chi connectivity index (χ4v) is 3.58. The summed E-state index contributed by atoms with van der Waals surface area (Å²) in [5.74, 6) is 0.705. The van der Waals surface area contributed by atoms with Gasteiger partial charge in [-0.15, -0.1) is 0 Å². The first-order valence-electron chi connectivity index (χ1n) is 7.62. The predicted octanol–water partition coefficient (Wildman–Crippen LogP) is 0.504. The number of nitrogens with two attached hydrogens (primary N) is 1. The summed E-state index contributed by atoms with van der Waals surface area (Å²) in [4.78, 5) is 5.03. The summed E-state index contributed by atoms with van der Waals surface area (Å²) in [6.45, 7) is 6.49. The van der Waals surface area contributed by atoms with Crippen molar-refractivity contribution < 1.29 is 5.11 Å². The summed E-state index contributed by atoms with van der Waals surface area (Å²) in [5, 5.41) is 8.98. The number of aliphatic hydroxyl groups is 1. The van der Waals surface area contributed by atoms with Gasteiger partial charge in [-0.1, -0.05) is 19.3 Å². The van der Waals surface area contributed by atoms with E-state index in [2.05, 4.69) is 9.80 Å². The van der Waals surface area contributed by atoms with Crippen LogP contribution in [0.1, 0.15) is 32.1 Å². The molecule has 0 spiro atoms. The average molecular weight is 255 g/mol. The molecule has 106 valence electrons. The van der Waals surface area contributed by atoms with Crippen molar-refractivity contribution in [1.82, 2.24) is 9.80 Å². The van der Waals surface area contributed by atoms with E-state index in [1.807, 2.05) is 0 Å². The van der Waals surface area contributed by atoms with Crippen molar-refractivity contribution in [2.24, 2.45) is 11.7 Å². The molecule has 4 nitrogen and oxygen atoms in total. The van der Waals surface area contributed by atoms with Crippen molar-refractivity contribution in [3.05, 3.63) is 0 Å². The van der Waals surface area contributed by atoms with Crippen molar-refractivity contribution in [3.8, 4) is 0 Å². The number of piperazine rings is 1. The number of hydrogen-bond acceptors (Lipinski definition) is 4. The molecule has 0 bridgehead atoms. The van der Waals surface area contributed by atoms with Crippen molar-refractivity contribution in [1.29, 1.82) is 0 Å². The molecule has 0 amide bonds. The van der Waals surface area contributed by atoms with Crippen LogP contribution in [0.4, 0.5) is 0 Å². The minimum atomic E-state index is 0.287. The lowest BCUT2D eigenvalue weighted by Crippen LogP contribution is -2.53. The second-order valence-corrected chi connectivity index (χ2v) is 5.80. The second-order valence-electron chi connectivity index (χ2n) is 5.80. The molecule has 2 fully saturated rings. The van der Waals surface area contributed by atoms with Crippen LogP contribution in [0.25, 0.3) is 0 Å². The van der Waals surface area contributed by atoms with Gasteiger partial charge in [-0.3, -0.25) is 9.80 Å². The molecule has 3 N–H and O–H groups in total. The Morgan fingerprint density at radius 3 is 2.39 bits per heavy atom. The smallest absolute Gasteiger partial charge is 0.0558 e. The topological polar surface area (TPSA) is 52.7 Å². The molecule has 1 saturated carbocycles. The summed E-state index contributed by atoms with van der Waals surface area (Å²) in [5.41, 5.74) is 5.97. The third-order valence-corrected chi connectivity index (χ3v) is 4.71. The molecular weight excluding hydrogens is 226 g/mol. The minimum absolute atomic E-state index is 0.287. The highest BCUT2D eigenvalue weighted by Crippen LogP contribution is 2.27. The monoisotopic (exact) mass is 255 g/mol. The van der Waals surface area contributed by atoms with Gasteiger partial charge < -0.3 is 10.8 Å². The zero-order chi connectivity index (χ0) is 12.8. The van der Waals surface area contributed by atoms with Gasteiger partial charge in [0.25, 0.3) is 0 Å². The van der Waals surface area contributed by atoms with Gasteiger partial charge in [-0.2, -0.15) is 0 Å². The summed E-state index contributed by atoms with van der Waals surface area (Å²) in [6, 6.07) is 0.716. The Balaban J connectivity index is 1.86. The van der Waals surface area contributed by atoms with Gasteiger partial charge >= 0.3 is 0 Å². The lowest BCUT2D eigenvalue weighted by molar-refractivity contribution is 0.0593. The van der Waals surface area contributed by atoms with Gasteiger partial charge in [0.1, 0.15) is 0 Å². The van der Waals surface area contributed by atoms with Gasteiger partial charge in [0.05, 0.1) is 6.61 Å². The number of rotatable bonds is 4. The van der Waals surface area contributed by atoms with Crippen LogP contribution < -0.4 is 5.73 Å². The van der Waals surface area contributed by atoms with E-state index in [-0.39, 0.29) is 6.61 Å². The fraction of sp³-hybridized carbons (Fsp3) is 1.00. The van der Waals surface area contributed by atoms with Gasteiger partial charge in [-0.05, 0) is 25.3 Å². The molecule has 0 radical (unpaired) electrons. The first kappa shape index (κ1) is 14.3. The van der Waals surface area contributed by atoms with Crippen molar-refractivity contribution in [2.75, 3.05) is 45.9 Å². The van der Waals surface area contributed by atoms with E-state index in [0.29, 0.717) is 12.0 Å². The van der Waals surface area contributed by atoms with Crippen molar-refractivity contribution >= 4 is 0 Å². The van der Waals surface area contributed by atoms with Gasteiger partial charge in [0.15, 0.2) is 0 Å². The Labute approximate surface area is 111 Å². The van der Waals surface area contributed by atoms with E-state index in [1.54, 1.807) is 0 Å². The molecule has 2 unspecified atom stereocenters. The highest BCUT2D eigenvalue weighted by Gasteiger charge is 2.29. The molecule has 2 rings (SSSR count). The summed E-state index contributed by atoms with van der Waals surface area (Å²) in [7, 11) is 0. The maximum atomic E-state index is 8.98. The van der Waals surface area contributed by atoms with E-state index < -0.39 is 0 Å². The van der Waals surface area contributed by atoms with Crippen LogP contribution in [-0.4, -0.2) is 66.8 Å². The number of aliphatic hydroxyl groups excluding tert-OH is 1. The molecule has 1 aliphatic carbocycles. The number of β-amino-alcohol motifs (C(OH)–C–C–N with tert-alkyl or cyclic N) is 1. The average Bonchev–Trinajstić information content (AvgIpc) is 2.65. The Bertz CT molecular complexity index is 229. The molecule has 1 aliphatic heterocycles. The quantitative estimate of drug-likeness (QED) is 0.719. The van der Waals surface area contributed by atoms with Gasteiger partial charge in [0.2, 0.25) is 0 Å². The Hall–Kier alpha value is -0.160. The van der Waals surface area contributed by atoms with Crippen LogP contribution in [-0.2, 0) is 0 Å². The van der Waals surface area contributed by atoms with Crippen LogP contribution in [0.2, 0.25) is 0 Å². The molecule has 2 aliphatic rings. The number of hydrogen-bond donors (Lipinski definition) is 2. The zero-order valence-electron chi connectivity index (χ0n) is 11.6. The Morgan fingerprint density at radius 1 is 1.00 bits per heavy atom. The largest absolute Gasteiger partial charge is 0.395 e. The third-order valence-electron chi connectivity index (χ3n) is 4.71. The van der Waals surface area contributed by atoms with Crippen LogP contribution in [0.5, 0.6) is 0 Å². The maximum Gasteiger partial charge on any atom is 0.0558 e. The van der Waals surface area contributed by atoms with E-state index in [9.17, 15) is 0 Å². The fourth-order valence-electron chi connectivity index (χ4n) is 3.58. The highest BCUT2D eigenvalue weighted by molar-refractivity contribution is 4.85. The first-order chi connectivity index (χ1) is 8.85. The summed E-state index contributed by atoms with van der Waals surface area (Å²) < 4.78 is 0. The normalized spacial score (nSPS) is 32.3. The molecule has 0 aromatic carbocycles. The summed E-state index contributed by atoms with van der Waals surface area (Å²) >= 11 is 0. The number of nitrogens with zero attached hydrogens (tertiary/aromatic N) is 2. The standard InChI is InChI=1S/C14H29N3O/c15-12-13-4-2-1-3-5-14(13)17-8-6-16(7-9-17)10-11-18/h13-14,18H,1-12,15H2. The lowest BCUT2D eigenvalue weighted by atomic mass is 9.93. The first-order valence-corrected chi connectivity index (χ1v) is 7.62. The molecule has 0 aromatic heterocycles. The SMILES string of the molecule is NCC1CCCCCC1N1CCN(CCO)CC1. The van der Waals surface area contributed by atoms with E-state index >= 15 is 0 Å². The minimum Gasteiger partial charge on any atom is -0.395 e. The highest BCUT2D eigenvalue weighted by atomic mass is 16.3.